The largest absolute Gasteiger partial charge is 0.378 e. The molecule has 0 unspecified atom stereocenters. The Bertz CT molecular complexity index is 271. The number of nitrogens with zero attached hydrogens (tertiary/aromatic N) is 1. The van der Waals surface area contributed by atoms with Crippen molar-refractivity contribution in [1.29, 1.82) is 0 Å². The van der Waals surface area contributed by atoms with Crippen molar-refractivity contribution in [3.8, 4) is 0 Å². The van der Waals surface area contributed by atoms with Gasteiger partial charge in [-0.15, -0.1) is 0 Å². The second-order valence-corrected chi connectivity index (χ2v) is 3.38. The SMILES string of the molecule is C[C@@H](NN)c1cccc(N(C)C)c1. The Kier molecular flexibility index (Phi) is 3.28. The van der Waals surface area contributed by atoms with E-state index in [1.54, 1.807) is 0 Å². The fourth-order valence-electron chi connectivity index (χ4n) is 1.17. The molecule has 0 aliphatic rings. The van der Waals surface area contributed by atoms with E-state index >= 15 is 0 Å². The van der Waals surface area contributed by atoms with Crippen LogP contribution < -0.4 is 16.2 Å². The van der Waals surface area contributed by atoms with Gasteiger partial charge in [-0.05, 0) is 24.6 Å². The van der Waals surface area contributed by atoms with Crippen LogP contribution in [0.4, 0.5) is 5.69 Å². The molecular weight excluding hydrogens is 162 g/mol. The normalized spacial score (nSPS) is 12.6. The number of hydrazine groups is 1. The van der Waals surface area contributed by atoms with Gasteiger partial charge in [0.05, 0.1) is 0 Å². The summed E-state index contributed by atoms with van der Waals surface area (Å²) >= 11 is 0. The van der Waals surface area contributed by atoms with Crippen LogP contribution in [0.5, 0.6) is 0 Å². The van der Waals surface area contributed by atoms with Gasteiger partial charge in [0.2, 0.25) is 0 Å². The molecule has 0 spiro atoms. The molecule has 0 fully saturated rings. The van der Waals surface area contributed by atoms with Crippen molar-refractivity contribution in [2.24, 2.45) is 5.84 Å². The number of rotatable bonds is 3. The standard InChI is InChI=1S/C10H17N3/c1-8(12-11)9-5-4-6-10(7-9)13(2)3/h4-8,12H,11H2,1-3H3/t8-/m1/s1. The molecule has 1 aromatic carbocycles. The van der Waals surface area contributed by atoms with Crippen LogP contribution in [0.2, 0.25) is 0 Å². The van der Waals surface area contributed by atoms with Crippen LogP contribution in [-0.4, -0.2) is 14.1 Å². The Balaban J connectivity index is 2.91. The molecule has 0 amide bonds. The fourth-order valence-corrected chi connectivity index (χ4v) is 1.17. The molecule has 3 N–H and O–H groups in total. The minimum atomic E-state index is 0.194. The smallest absolute Gasteiger partial charge is 0.0432 e. The van der Waals surface area contributed by atoms with Crippen molar-refractivity contribution in [3.05, 3.63) is 29.8 Å². The quantitative estimate of drug-likeness (QED) is 0.542. The Morgan fingerprint density at radius 2 is 2.08 bits per heavy atom. The molecular formula is C10H17N3. The summed E-state index contributed by atoms with van der Waals surface area (Å²) < 4.78 is 0. The lowest BCUT2D eigenvalue weighted by molar-refractivity contribution is 0.602. The van der Waals surface area contributed by atoms with Gasteiger partial charge in [0.15, 0.2) is 0 Å². The number of hydrogen-bond acceptors (Lipinski definition) is 3. The lowest BCUT2D eigenvalue weighted by Crippen LogP contribution is -2.25. The summed E-state index contributed by atoms with van der Waals surface area (Å²) in [7, 11) is 4.05. The summed E-state index contributed by atoms with van der Waals surface area (Å²) in [5, 5.41) is 0. The monoisotopic (exact) mass is 179 g/mol. The second kappa shape index (κ2) is 4.25. The maximum atomic E-state index is 5.37. The molecule has 1 atom stereocenters. The van der Waals surface area contributed by atoms with Crippen molar-refractivity contribution < 1.29 is 0 Å². The summed E-state index contributed by atoms with van der Waals surface area (Å²) in [6, 6.07) is 8.51. The van der Waals surface area contributed by atoms with Gasteiger partial charge in [-0.3, -0.25) is 11.3 Å². The predicted molar refractivity (Wildman–Crippen MR) is 56.5 cm³/mol. The first-order valence-electron chi connectivity index (χ1n) is 4.38. The van der Waals surface area contributed by atoms with Gasteiger partial charge in [0, 0.05) is 25.8 Å². The van der Waals surface area contributed by atoms with E-state index in [2.05, 4.69) is 28.5 Å². The average molecular weight is 179 g/mol. The lowest BCUT2D eigenvalue weighted by Gasteiger charge is -2.16. The molecule has 3 nitrogen and oxygen atoms in total. The van der Waals surface area contributed by atoms with E-state index in [0.717, 1.165) is 0 Å². The highest BCUT2D eigenvalue weighted by atomic mass is 15.2. The van der Waals surface area contributed by atoms with Crippen molar-refractivity contribution >= 4 is 5.69 Å². The Hall–Kier alpha value is -1.06. The molecule has 0 aliphatic heterocycles. The van der Waals surface area contributed by atoms with Crippen LogP contribution in [0.1, 0.15) is 18.5 Å². The molecule has 72 valence electrons. The minimum absolute atomic E-state index is 0.194. The zero-order valence-electron chi connectivity index (χ0n) is 8.41. The van der Waals surface area contributed by atoms with Crippen LogP contribution in [0.25, 0.3) is 0 Å². The molecule has 3 heteroatoms. The predicted octanol–water partition coefficient (Wildman–Crippen LogP) is 1.28. The van der Waals surface area contributed by atoms with Gasteiger partial charge in [0.25, 0.3) is 0 Å². The van der Waals surface area contributed by atoms with E-state index < -0.39 is 0 Å². The Morgan fingerprint density at radius 3 is 2.62 bits per heavy atom. The number of nitrogens with two attached hydrogens (primary N) is 1. The number of benzene rings is 1. The second-order valence-electron chi connectivity index (χ2n) is 3.38. The zero-order valence-corrected chi connectivity index (χ0v) is 8.41. The van der Waals surface area contributed by atoms with Gasteiger partial charge in [-0.2, -0.15) is 0 Å². The molecule has 0 saturated carbocycles. The molecule has 0 radical (unpaired) electrons. The minimum Gasteiger partial charge on any atom is -0.378 e. The first-order chi connectivity index (χ1) is 6.15. The number of anilines is 1. The highest BCUT2D eigenvalue weighted by molar-refractivity contribution is 5.47. The lowest BCUT2D eigenvalue weighted by atomic mass is 10.1. The Labute approximate surface area is 79.5 Å². The topological polar surface area (TPSA) is 41.3 Å². The summed E-state index contributed by atoms with van der Waals surface area (Å²) in [4.78, 5) is 2.08. The van der Waals surface area contributed by atoms with Crippen molar-refractivity contribution in [2.75, 3.05) is 19.0 Å². The highest BCUT2D eigenvalue weighted by Crippen LogP contribution is 2.18. The van der Waals surface area contributed by atoms with Crippen molar-refractivity contribution in [2.45, 2.75) is 13.0 Å². The molecule has 0 bridgehead atoms. The van der Waals surface area contributed by atoms with Crippen LogP contribution in [0.15, 0.2) is 24.3 Å². The zero-order chi connectivity index (χ0) is 9.84. The number of nitrogens with one attached hydrogen (secondary N) is 1. The van der Waals surface area contributed by atoms with E-state index in [4.69, 9.17) is 5.84 Å². The maximum absolute atomic E-state index is 5.37. The van der Waals surface area contributed by atoms with Crippen molar-refractivity contribution in [1.82, 2.24) is 5.43 Å². The number of hydrogen-bond donors (Lipinski definition) is 2. The third kappa shape index (κ3) is 2.44. The molecule has 0 heterocycles. The van der Waals surface area contributed by atoms with E-state index in [9.17, 15) is 0 Å². The fraction of sp³-hybridized carbons (Fsp3) is 0.400. The van der Waals surface area contributed by atoms with E-state index in [1.807, 2.05) is 27.1 Å². The van der Waals surface area contributed by atoms with E-state index in [1.165, 1.54) is 11.3 Å². The van der Waals surface area contributed by atoms with Crippen LogP contribution in [0, 0.1) is 0 Å². The van der Waals surface area contributed by atoms with Gasteiger partial charge < -0.3 is 4.90 Å². The first kappa shape index (κ1) is 10.0. The molecule has 0 aromatic heterocycles. The van der Waals surface area contributed by atoms with E-state index in [-0.39, 0.29) is 6.04 Å². The van der Waals surface area contributed by atoms with Gasteiger partial charge in [-0.25, -0.2) is 0 Å². The molecule has 0 saturated heterocycles. The highest BCUT2D eigenvalue weighted by Gasteiger charge is 2.03. The van der Waals surface area contributed by atoms with Gasteiger partial charge in [0.1, 0.15) is 0 Å². The molecule has 0 aliphatic carbocycles. The van der Waals surface area contributed by atoms with Gasteiger partial charge >= 0.3 is 0 Å². The van der Waals surface area contributed by atoms with Crippen molar-refractivity contribution in [3.63, 3.8) is 0 Å². The van der Waals surface area contributed by atoms with Crippen LogP contribution >= 0.6 is 0 Å². The summed E-state index contributed by atoms with van der Waals surface area (Å²) in [5.74, 6) is 5.37. The third-order valence-electron chi connectivity index (χ3n) is 2.14. The van der Waals surface area contributed by atoms with E-state index in [0.29, 0.717) is 0 Å². The van der Waals surface area contributed by atoms with Gasteiger partial charge in [-0.1, -0.05) is 12.1 Å². The third-order valence-corrected chi connectivity index (χ3v) is 2.14. The summed E-state index contributed by atoms with van der Waals surface area (Å²) in [6.45, 7) is 2.04. The molecule has 1 aromatic rings. The van der Waals surface area contributed by atoms with Crippen LogP contribution in [0.3, 0.4) is 0 Å². The van der Waals surface area contributed by atoms with Crippen LogP contribution in [-0.2, 0) is 0 Å². The first-order valence-corrected chi connectivity index (χ1v) is 4.38. The molecule has 13 heavy (non-hydrogen) atoms. The summed E-state index contributed by atoms with van der Waals surface area (Å²) in [5.41, 5.74) is 5.13. The average Bonchev–Trinajstić information content (AvgIpc) is 2.17. The summed E-state index contributed by atoms with van der Waals surface area (Å²) in [6.07, 6.45) is 0. The molecule has 1 rings (SSSR count). The maximum Gasteiger partial charge on any atom is 0.0432 e. The Morgan fingerprint density at radius 1 is 1.38 bits per heavy atom.